The van der Waals surface area contributed by atoms with Gasteiger partial charge in [-0.1, -0.05) is 63.7 Å². The van der Waals surface area contributed by atoms with E-state index >= 15 is 0 Å². The van der Waals surface area contributed by atoms with Crippen LogP contribution in [0, 0.1) is 35.5 Å². The lowest BCUT2D eigenvalue weighted by Gasteiger charge is -2.37. The first-order valence-electron chi connectivity index (χ1n) is 7.82. The predicted octanol–water partition coefficient (Wildman–Crippen LogP) is 3.43. The fourth-order valence-corrected chi connectivity index (χ4v) is 10.5. The Morgan fingerprint density at radius 2 is 0.917 bits per heavy atom. The summed E-state index contributed by atoms with van der Waals surface area (Å²) in [5, 5.41) is 0. The second kappa shape index (κ2) is 6.06. The third-order valence-electron chi connectivity index (χ3n) is 6.09. The molecule has 0 heterocycles. The highest BCUT2D eigenvalue weighted by Gasteiger charge is 2.72. The molecule has 4 nitrogen and oxygen atoms in total. The first-order valence-corrected chi connectivity index (χ1v) is 11.5. The van der Waals surface area contributed by atoms with Crippen molar-refractivity contribution in [2.75, 3.05) is 14.2 Å². The number of carbonyl (C=O) groups is 2. The topological polar surface area (TPSA) is 52.6 Å². The van der Waals surface area contributed by atoms with Gasteiger partial charge in [0.15, 0.2) is 0 Å². The summed E-state index contributed by atoms with van der Waals surface area (Å²) in [7, 11) is 2.90. The average molecular weight is 592 g/mol. The first-order chi connectivity index (χ1) is 11.4. The second-order valence-corrected chi connectivity index (χ2v) is 10.9. The van der Waals surface area contributed by atoms with Gasteiger partial charge in [-0.3, -0.25) is 9.59 Å². The fourth-order valence-electron chi connectivity index (χ4n) is 4.90. The lowest BCUT2D eigenvalue weighted by Crippen LogP contribution is -2.36. The Bertz CT molecular complexity index is 560. The van der Waals surface area contributed by atoms with Crippen LogP contribution in [0.25, 0.3) is 0 Å². The molecule has 10 atom stereocenters. The smallest absolute Gasteiger partial charge is 0.309 e. The van der Waals surface area contributed by atoms with Gasteiger partial charge in [-0.2, -0.15) is 0 Å². The van der Waals surface area contributed by atoms with Crippen LogP contribution >= 0.6 is 63.7 Å². The summed E-state index contributed by atoms with van der Waals surface area (Å²) in [5.74, 6) is 0.573. The van der Waals surface area contributed by atoms with Crippen molar-refractivity contribution < 1.29 is 19.1 Å². The second-order valence-electron chi connectivity index (χ2n) is 6.93. The highest BCUT2D eigenvalue weighted by molar-refractivity contribution is 9.10. The number of fused-ring (bicyclic) bond motifs is 2. The van der Waals surface area contributed by atoms with Crippen LogP contribution in [0.15, 0.2) is 11.1 Å². The number of ether oxygens (including phenoxy) is 2. The summed E-state index contributed by atoms with van der Waals surface area (Å²) < 4.78 is 9.96. The molecule has 2 unspecified atom stereocenters. The Kier molecular flexibility index (Phi) is 4.54. The molecule has 24 heavy (non-hydrogen) atoms. The number of methoxy groups -OCH3 is 2. The average Bonchev–Trinajstić information content (AvgIpc) is 3.45. The summed E-state index contributed by atoms with van der Waals surface area (Å²) in [5.41, 5.74) is 2.55. The molecule has 0 spiro atoms. The van der Waals surface area contributed by atoms with Gasteiger partial charge in [0, 0.05) is 19.3 Å². The molecule has 0 aromatic heterocycles. The summed E-state index contributed by atoms with van der Waals surface area (Å²) in [6.07, 6.45) is 0. The molecule has 8 heteroatoms. The van der Waals surface area contributed by atoms with Crippen molar-refractivity contribution >= 4 is 75.7 Å². The molecular formula is C16H16Br4O4. The molecule has 0 amide bonds. The molecule has 132 valence electrons. The van der Waals surface area contributed by atoms with Crippen LogP contribution in [0.3, 0.4) is 0 Å². The van der Waals surface area contributed by atoms with Crippen LogP contribution in [0.5, 0.6) is 0 Å². The molecule has 0 N–H and O–H groups in total. The minimum Gasteiger partial charge on any atom is -0.469 e. The summed E-state index contributed by atoms with van der Waals surface area (Å²) in [6.45, 7) is 0. The minimum atomic E-state index is -0.131. The van der Waals surface area contributed by atoms with E-state index in [9.17, 15) is 9.59 Å². The molecule has 2 fully saturated rings. The Hall–Kier alpha value is 0.600. The zero-order valence-corrected chi connectivity index (χ0v) is 19.3. The van der Waals surface area contributed by atoms with Crippen molar-refractivity contribution in [3.05, 3.63) is 11.1 Å². The number of rotatable bonds is 2. The van der Waals surface area contributed by atoms with Crippen LogP contribution < -0.4 is 0 Å². The van der Waals surface area contributed by atoms with Crippen LogP contribution in [0.1, 0.15) is 0 Å². The zero-order chi connectivity index (χ0) is 17.5. The molecular weight excluding hydrogens is 576 g/mol. The highest BCUT2D eigenvalue weighted by Crippen LogP contribution is 2.70. The zero-order valence-electron chi connectivity index (χ0n) is 12.9. The van der Waals surface area contributed by atoms with Crippen molar-refractivity contribution in [2.24, 2.45) is 35.5 Å². The number of halogens is 4. The number of esters is 2. The van der Waals surface area contributed by atoms with E-state index in [4.69, 9.17) is 9.47 Å². The van der Waals surface area contributed by atoms with Crippen LogP contribution in [-0.2, 0) is 19.1 Å². The van der Waals surface area contributed by atoms with Crippen LogP contribution in [-0.4, -0.2) is 45.5 Å². The number of hydrogen-bond acceptors (Lipinski definition) is 4. The van der Waals surface area contributed by atoms with Gasteiger partial charge in [0.2, 0.25) is 0 Å². The van der Waals surface area contributed by atoms with Gasteiger partial charge in [0.25, 0.3) is 0 Å². The molecule has 4 aliphatic carbocycles. The van der Waals surface area contributed by atoms with Crippen LogP contribution in [0.4, 0.5) is 0 Å². The van der Waals surface area contributed by atoms with Crippen molar-refractivity contribution in [1.29, 1.82) is 0 Å². The Balaban J connectivity index is 1.67. The van der Waals surface area contributed by atoms with Gasteiger partial charge >= 0.3 is 11.9 Å². The van der Waals surface area contributed by atoms with E-state index in [0.29, 0.717) is 0 Å². The van der Waals surface area contributed by atoms with Gasteiger partial charge in [-0.15, -0.1) is 0 Å². The molecule has 0 aliphatic heterocycles. The Labute approximate surface area is 174 Å². The Morgan fingerprint density at radius 3 is 1.12 bits per heavy atom. The molecule has 2 saturated carbocycles. The van der Waals surface area contributed by atoms with Crippen molar-refractivity contribution in [2.45, 2.75) is 19.3 Å². The van der Waals surface area contributed by atoms with Gasteiger partial charge in [-0.05, 0) is 34.8 Å². The van der Waals surface area contributed by atoms with Gasteiger partial charge in [0.1, 0.15) is 0 Å². The molecule has 0 bridgehead atoms. The summed E-state index contributed by atoms with van der Waals surface area (Å²) >= 11 is 15.3. The lowest BCUT2D eigenvalue weighted by molar-refractivity contribution is -0.143. The van der Waals surface area contributed by atoms with E-state index in [1.165, 1.54) is 25.4 Å². The maximum atomic E-state index is 12.1. The van der Waals surface area contributed by atoms with Crippen molar-refractivity contribution in [3.63, 3.8) is 0 Å². The molecule has 4 rings (SSSR count). The van der Waals surface area contributed by atoms with Gasteiger partial charge in [-0.25, -0.2) is 0 Å². The largest absolute Gasteiger partial charge is 0.469 e. The van der Waals surface area contributed by atoms with Gasteiger partial charge < -0.3 is 9.47 Å². The monoisotopic (exact) mass is 588 g/mol. The maximum absolute atomic E-state index is 12.1. The number of carbonyl (C=O) groups excluding carboxylic acids is 2. The van der Waals surface area contributed by atoms with Gasteiger partial charge in [0.05, 0.1) is 26.1 Å². The summed E-state index contributed by atoms with van der Waals surface area (Å²) in [4.78, 5) is 24.7. The normalized spacial score (nSPS) is 51.1. The molecule has 0 saturated heterocycles. The molecule has 0 aromatic rings. The molecule has 0 aromatic carbocycles. The fraction of sp³-hybridized carbons (Fsp3) is 0.750. The molecule has 0 radical (unpaired) electrons. The van der Waals surface area contributed by atoms with Crippen LogP contribution in [0.2, 0.25) is 0 Å². The maximum Gasteiger partial charge on any atom is 0.309 e. The minimum absolute atomic E-state index is 0.0681. The number of allylic oxidation sites excluding steroid dienone is 2. The van der Waals surface area contributed by atoms with E-state index in [1.807, 2.05) is 0 Å². The predicted molar refractivity (Wildman–Crippen MR) is 103 cm³/mol. The van der Waals surface area contributed by atoms with E-state index < -0.39 is 0 Å². The van der Waals surface area contributed by atoms with Crippen molar-refractivity contribution in [3.8, 4) is 0 Å². The quantitative estimate of drug-likeness (QED) is 0.281. The van der Waals surface area contributed by atoms with E-state index in [1.54, 1.807) is 0 Å². The number of hydrogen-bond donors (Lipinski definition) is 0. The summed E-state index contributed by atoms with van der Waals surface area (Å²) in [6, 6.07) is 0. The third kappa shape index (κ3) is 2.24. The first kappa shape index (κ1) is 18.0. The lowest BCUT2D eigenvalue weighted by atomic mass is 9.82. The Morgan fingerprint density at radius 1 is 0.667 bits per heavy atom. The van der Waals surface area contributed by atoms with E-state index in [-0.39, 0.29) is 66.8 Å². The standard InChI is InChI=1S/C16H16Br4O4/c1-23-15(21)7-3-4(7)12(18)10-9(11(3)17)13(19)5-6(14(10)20)8(5)16(22)24-2/h3-8,11-14H,1-2H3/t3-,4+,5+,6-,7?,8?,11-,12+,13-,14+. The SMILES string of the molecule is COC(=O)C1[C@@H]2[C@H]1[C@H](Br)C1=C([C@@H]2Br)[C@H](Br)[C@H]2C(C(=O)OC)[C@H]2[C@@H]1Br. The molecule has 4 aliphatic rings. The highest BCUT2D eigenvalue weighted by atomic mass is 79.9. The van der Waals surface area contributed by atoms with E-state index in [2.05, 4.69) is 63.7 Å². The third-order valence-corrected chi connectivity index (χ3v) is 10.5. The van der Waals surface area contributed by atoms with Crippen molar-refractivity contribution in [1.82, 2.24) is 0 Å². The van der Waals surface area contributed by atoms with E-state index in [0.717, 1.165) is 0 Å². The number of alkyl halides is 4.